The van der Waals surface area contributed by atoms with E-state index in [1.54, 1.807) is 29.9 Å². The fourth-order valence-corrected chi connectivity index (χ4v) is 2.20. The van der Waals surface area contributed by atoms with E-state index in [9.17, 15) is 4.79 Å². The number of benzene rings is 1. The van der Waals surface area contributed by atoms with Crippen molar-refractivity contribution in [3.8, 4) is 0 Å². The van der Waals surface area contributed by atoms with Gasteiger partial charge in [0.1, 0.15) is 0 Å². The Morgan fingerprint density at radius 3 is 2.48 bits per heavy atom. The fourth-order valence-electron chi connectivity index (χ4n) is 2.20. The first-order valence-electron chi connectivity index (χ1n) is 7.90. The summed E-state index contributed by atoms with van der Waals surface area (Å²) in [5.74, 6) is 0.812. The molecule has 1 heterocycles. The highest BCUT2D eigenvalue weighted by Gasteiger charge is 2.00. The quantitative estimate of drug-likeness (QED) is 0.633. The largest absolute Gasteiger partial charge is 0.356 e. The van der Waals surface area contributed by atoms with Crippen molar-refractivity contribution in [2.24, 2.45) is 4.99 Å². The van der Waals surface area contributed by atoms with Crippen molar-refractivity contribution < 1.29 is 0 Å². The molecule has 5 heteroatoms. The lowest BCUT2D eigenvalue weighted by Crippen LogP contribution is -2.37. The molecule has 0 saturated heterocycles. The number of hydrogen-bond donors (Lipinski definition) is 2. The van der Waals surface area contributed by atoms with Crippen molar-refractivity contribution in [2.75, 3.05) is 13.6 Å². The Bertz CT molecular complexity index is 689. The minimum atomic E-state index is 0.0176. The molecule has 1 aromatic heterocycles. The van der Waals surface area contributed by atoms with Crippen LogP contribution in [0.25, 0.3) is 0 Å². The molecule has 0 radical (unpaired) electrons. The number of guanidine groups is 1. The second kappa shape index (κ2) is 8.78. The molecular formula is C18H24N4O. The summed E-state index contributed by atoms with van der Waals surface area (Å²) in [6, 6.07) is 13.5. The number of aromatic nitrogens is 1. The molecule has 5 nitrogen and oxygen atoms in total. The smallest absolute Gasteiger partial charge is 0.250 e. The molecule has 0 unspecified atom stereocenters. The number of hydrogen-bond acceptors (Lipinski definition) is 2. The molecule has 0 aliphatic carbocycles. The number of pyridine rings is 1. The van der Waals surface area contributed by atoms with Gasteiger partial charge in [0.2, 0.25) is 0 Å². The number of nitrogens with one attached hydrogen (secondary N) is 2. The third-order valence-corrected chi connectivity index (χ3v) is 3.50. The first kappa shape index (κ1) is 16.8. The maximum atomic E-state index is 11.7. The maximum Gasteiger partial charge on any atom is 0.250 e. The van der Waals surface area contributed by atoms with Crippen LogP contribution in [-0.4, -0.2) is 24.1 Å². The molecule has 1 aromatic carbocycles. The topological polar surface area (TPSA) is 58.4 Å². The number of nitrogens with zero attached hydrogens (tertiary/aromatic N) is 2. The summed E-state index contributed by atoms with van der Waals surface area (Å²) in [5.41, 5.74) is 2.30. The molecular weight excluding hydrogens is 288 g/mol. The van der Waals surface area contributed by atoms with E-state index in [-0.39, 0.29) is 5.56 Å². The summed E-state index contributed by atoms with van der Waals surface area (Å²) >= 11 is 0. The standard InChI is InChI=1S/C18H24N4O/c1-3-11-20-18(19-2)21-13-15-7-9-16(10-8-15)14-22-12-5-4-6-17(22)23/h4-10,12H,3,11,13-14H2,1-2H3,(H2,19,20,21). The molecule has 0 amide bonds. The van der Waals surface area contributed by atoms with E-state index in [2.05, 4.69) is 46.8 Å². The van der Waals surface area contributed by atoms with Gasteiger partial charge in [-0.2, -0.15) is 0 Å². The highest BCUT2D eigenvalue weighted by Crippen LogP contribution is 2.05. The van der Waals surface area contributed by atoms with Crippen molar-refractivity contribution >= 4 is 5.96 Å². The van der Waals surface area contributed by atoms with E-state index in [0.29, 0.717) is 6.54 Å². The van der Waals surface area contributed by atoms with Crippen LogP contribution in [-0.2, 0) is 13.1 Å². The summed E-state index contributed by atoms with van der Waals surface area (Å²) in [5, 5.41) is 6.52. The van der Waals surface area contributed by atoms with E-state index in [4.69, 9.17) is 0 Å². The van der Waals surface area contributed by atoms with Gasteiger partial charge in [0.15, 0.2) is 5.96 Å². The average molecular weight is 312 g/mol. The van der Waals surface area contributed by atoms with Crippen molar-refractivity contribution in [3.05, 3.63) is 70.1 Å². The normalized spacial score (nSPS) is 11.3. The van der Waals surface area contributed by atoms with Crippen LogP contribution in [0.4, 0.5) is 0 Å². The van der Waals surface area contributed by atoms with Crippen LogP contribution < -0.4 is 16.2 Å². The monoisotopic (exact) mass is 312 g/mol. The zero-order chi connectivity index (χ0) is 16.5. The van der Waals surface area contributed by atoms with Crippen molar-refractivity contribution in [1.82, 2.24) is 15.2 Å². The third-order valence-electron chi connectivity index (χ3n) is 3.50. The summed E-state index contributed by atoms with van der Waals surface area (Å²) in [4.78, 5) is 15.9. The molecule has 122 valence electrons. The van der Waals surface area contributed by atoms with Crippen LogP contribution in [0.3, 0.4) is 0 Å². The Hall–Kier alpha value is -2.56. The van der Waals surface area contributed by atoms with Gasteiger partial charge in [-0.1, -0.05) is 37.3 Å². The molecule has 2 rings (SSSR count). The van der Waals surface area contributed by atoms with E-state index in [1.165, 1.54) is 5.56 Å². The molecule has 0 aliphatic rings. The number of rotatable bonds is 6. The van der Waals surface area contributed by atoms with Gasteiger partial charge in [-0.3, -0.25) is 9.79 Å². The van der Waals surface area contributed by atoms with Crippen molar-refractivity contribution in [2.45, 2.75) is 26.4 Å². The zero-order valence-corrected chi connectivity index (χ0v) is 13.7. The summed E-state index contributed by atoms with van der Waals surface area (Å²) in [6.07, 6.45) is 2.87. The molecule has 23 heavy (non-hydrogen) atoms. The van der Waals surface area contributed by atoms with Gasteiger partial charge in [0.25, 0.3) is 5.56 Å². The van der Waals surface area contributed by atoms with E-state index in [1.807, 2.05) is 6.07 Å². The minimum absolute atomic E-state index is 0.0176. The van der Waals surface area contributed by atoms with Gasteiger partial charge in [0, 0.05) is 32.4 Å². The fraction of sp³-hybridized carbons (Fsp3) is 0.333. The van der Waals surface area contributed by atoms with Crippen LogP contribution in [0.5, 0.6) is 0 Å². The van der Waals surface area contributed by atoms with E-state index in [0.717, 1.165) is 31.0 Å². The third kappa shape index (κ3) is 5.29. The maximum absolute atomic E-state index is 11.7. The minimum Gasteiger partial charge on any atom is -0.356 e. The first-order valence-corrected chi connectivity index (χ1v) is 7.90. The highest BCUT2D eigenvalue weighted by molar-refractivity contribution is 5.79. The van der Waals surface area contributed by atoms with Crippen LogP contribution >= 0.6 is 0 Å². The van der Waals surface area contributed by atoms with Crippen LogP contribution in [0.15, 0.2) is 58.4 Å². The van der Waals surface area contributed by atoms with E-state index < -0.39 is 0 Å². The van der Waals surface area contributed by atoms with Crippen LogP contribution in [0.1, 0.15) is 24.5 Å². The summed E-state index contributed by atoms with van der Waals surface area (Å²) < 4.78 is 1.70. The molecule has 0 spiro atoms. The van der Waals surface area contributed by atoms with Crippen molar-refractivity contribution in [3.63, 3.8) is 0 Å². The Morgan fingerprint density at radius 2 is 1.83 bits per heavy atom. The van der Waals surface area contributed by atoms with Gasteiger partial charge in [-0.05, 0) is 23.6 Å². The Balaban J connectivity index is 1.92. The Labute approximate surface area is 137 Å². The molecule has 0 atom stereocenters. The van der Waals surface area contributed by atoms with Gasteiger partial charge in [-0.25, -0.2) is 0 Å². The van der Waals surface area contributed by atoms with Crippen molar-refractivity contribution in [1.29, 1.82) is 0 Å². The highest BCUT2D eigenvalue weighted by atomic mass is 16.1. The first-order chi connectivity index (χ1) is 11.2. The van der Waals surface area contributed by atoms with Crippen LogP contribution in [0.2, 0.25) is 0 Å². The molecule has 0 fully saturated rings. The van der Waals surface area contributed by atoms with Gasteiger partial charge in [-0.15, -0.1) is 0 Å². The molecule has 0 bridgehead atoms. The Morgan fingerprint density at radius 1 is 1.09 bits per heavy atom. The second-order valence-electron chi connectivity index (χ2n) is 5.34. The summed E-state index contributed by atoms with van der Waals surface area (Å²) in [7, 11) is 1.77. The van der Waals surface area contributed by atoms with Gasteiger partial charge < -0.3 is 15.2 Å². The summed E-state index contributed by atoms with van der Waals surface area (Å²) in [6.45, 7) is 4.34. The molecule has 0 saturated carbocycles. The predicted molar refractivity (Wildman–Crippen MR) is 94.7 cm³/mol. The lowest BCUT2D eigenvalue weighted by atomic mass is 10.1. The lowest BCUT2D eigenvalue weighted by Gasteiger charge is -2.11. The molecule has 2 aromatic rings. The SMILES string of the molecule is CCCNC(=NC)NCc1ccc(Cn2ccccc2=O)cc1. The van der Waals surface area contributed by atoms with Gasteiger partial charge >= 0.3 is 0 Å². The average Bonchev–Trinajstić information content (AvgIpc) is 2.58. The molecule has 2 N–H and O–H groups in total. The van der Waals surface area contributed by atoms with Crippen LogP contribution in [0, 0.1) is 0 Å². The predicted octanol–water partition coefficient (Wildman–Crippen LogP) is 1.97. The lowest BCUT2D eigenvalue weighted by molar-refractivity contribution is 0.757. The second-order valence-corrected chi connectivity index (χ2v) is 5.34. The van der Waals surface area contributed by atoms with E-state index >= 15 is 0 Å². The zero-order valence-electron chi connectivity index (χ0n) is 13.7. The molecule has 0 aliphatic heterocycles. The number of aliphatic imine (C=N–C) groups is 1. The Kier molecular flexibility index (Phi) is 6.41. The van der Waals surface area contributed by atoms with Gasteiger partial charge in [0.05, 0.1) is 6.54 Å².